The monoisotopic (exact) mass is 321 g/mol. The third-order valence-electron chi connectivity index (χ3n) is 5.90. The standard InChI is InChI=1S/C17H23NO3S/c1-12-4-6-14(7-5-12)18-22(20,21)11-17-9-8-13(10-15(17)19)16(17,2)3/h4-7,13,18H,8-11H2,1-3H3/t13-,17-/m0/s1. The van der Waals surface area contributed by atoms with E-state index in [4.69, 9.17) is 0 Å². The molecule has 0 saturated heterocycles. The predicted molar refractivity (Wildman–Crippen MR) is 87.2 cm³/mol. The molecule has 0 aromatic heterocycles. The van der Waals surface area contributed by atoms with Gasteiger partial charge >= 0.3 is 0 Å². The summed E-state index contributed by atoms with van der Waals surface area (Å²) < 4.78 is 27.8. The van der Waals surface area contributed by atoms with Crippen molar-refractivity contribution in [1.82, 2.24) is 0 Å². The molecule has 2 bridgehead atoms. The summed E-state index contributed by atoms with van der Waals surface area (Å²) in [6.07, 6.45) is 2.18. The number of ketones is 1. The minimum atomic E-state index is -3.55. The molecule has 0 aliphatic heterocycles. The molecule has 2 aliphatic carbocycles. The molecule has 0 heterocycles. The van der Waals surface area contributed by atoms with Gasteiger partial charge in [0.15, 0.2) is 0 Å². The summed E-state index contributed by atoms with van der Waals surface area (Å²) in [5, 5.41) is 0. The second-order valence-electron chi connectivity index (χ2n) is 7.39. The Morgan fingerprint density at radius 1 is 1.23 bits per heavy atom. The lowest BCUT2D eigenvalue weighted by Gasteiger charge is -2.36. The van der Waals surface area contributed by atoms with E-state index in [0.29, 0.717) is 24.4 Å². The Bertz CT molecular complexity index is 706. The molecule has 1 aromatic rings. The van der Waals surface area contributed by atoms with Gasteiger partial charge in [0.2, 0.25) is 10.0 Å². The third-order valence-corrected chi connectivity index (χ3v) is 7.32. The van der Waals surface area contributed by atoms with Gasteiger partial charge in [0.25, 0.3) is 0 Å². The number of Topliss-reactive ketones (excluding diaryl/α,β-unsaturated/α-hetero) is 1. The minimum absolute atomic E-state index is 0.101. The maximum Gasteiger partial charge on any atom is 0.233 e. The second-order valence-corrected chi connectivity index (χ2v) is 9.12. The molecule has 2 atom stereocenters. The third kappa shape index (κ3) is 2.26. The zero-order chi connectivity index (χ0) is 16.2. The molecular weight excluding hydrogens is 298 g/mol. The number of aryl methyl sites for hydroxylation is 1. The van der Waals surface area contributed by atoms with E-state index < -0.39 is 15.4 Å². The topological polar surface area (TPSA) is 63.2 Å². The maximum absolute atomic E-state index is 12.6. The molecule has 22 heavy (non-hydrogen) atoms. The van der Waals surface area contributed by atoms with Crippen molar-refractivity contribution in [3.05, 3.63) is 29.8 Å². The molecule has 2 fully saturated rings. The van der Waals surface area contributed by atoms with E-state index in [0.717, 1.165) is 12.0 Å². The number of nitrogens with one attached hydrogen (secondary N) is 1. The van der Waals surface area contributed by atoms with Gasteiger partial charge in [-0.25, -0.2) is 8.42 Å². The fourth-order valence-electron chi connectivity index (χ4n) is 4.27. The molecule has 2 saturated carbocycles. The fourth-order valence-corrected chi connectivity index (χ4v) is 6.16. The number of hydrogen-bond donors (Lipinski definition) is 1. The quantitative estimate of drug-likeness (QED) is 0.926. The molecule has 4 nitrogen and oxygen atoms in total. The highest BCUT2D eigenvalue weighted by molar-refractivity contribution is 7.92. The van der Waals surface area contributed by atoms with Gasteiger partial charge in [-0.3, -0.25) is 9.52 Å². The van der Waals surface area contributed by atoms with Crippen LogP contribution in [0.25, 0.3) is 0 Å². The lowest BCUT2D eigenvalue weighted by Crippen LogP contribution is -2.43. The Labute approximate surface area is 132 Å². The lowest BCUT2D eigenvalue weighted by molar-refractivity contribution is -0.128. The number of fused-ring (bicyclic) bond motifs is 2. The van der Waals surface area contributed by atoms with Gasteiger partial charge in [0.1, 0.15) is 5.78 Å². The molecule has 0 spiro atoms. The number of hydrogen-bond acceptors (Lipinski definition) is 3. The smallest absolute Gasteiger partial charge is 0.233 e. The second kappa shape index (κ2) is 4.82. The van der Waals surface area contributed by atoms with Crippen molar-refractivity contribution in [2.45, 2.75) is 40.0 Å². The Kier molecular flexibility index (Phi) is 3.40. The first-order valence-electron chi connectivity index (χ1n) is 7.77. The van der Waals surface area contributed by atoms with E-state index >= 15 is 0 Å². The van der Waals surface area contributed by atoms with Crippen LogP contribution >= 0.6 is 0 Å². The Hall–Kier alpha value is -1.36. The van der Waals surface area contributed by atoms with Crippen LogP contribution in [0.4, 0.5) is 5.69 Å². The highest BCUT2D eigenvalue weighted by atomic mass is 32.2. The van der Waals surface area contributed by atoms with Crippen molar-refractivity contribution in [1.29, 1.82) is 0 Å². The van der Waals surface area contributed by atoms with Gasteiger partial charge in [-0.15, -0.1) is 0 Å². The normalized spacial score (nSPS) is 29.8. The highest BCUT2D eigenvalue weighted by Gasteiger charge is 2.65. The number of benzene rings is 1. The molecule has 5 heteroatoms. The molecule has 1 N–H and O–H groups in total. The van der Waals surface area contributed by atoms with Gasteiger partial charge in [0.05, 0.1) is 11.2 Å². The van der Waals surface area contributed by atoms with Crippen molar-refractivity contribution in [2.75, 3.05) is 10.5 Å². The van der Waals surface area contributed by atoms with Crippen molar-refractivity contribution >= 4 is 21.5 Å². The van der Waals surface area contributed by atoms with Crippen molar-refractivity contribution in [2.24, 2.45) is 16.7 Å². The van der Waals surface area contributed by atoms with E-state index in [2.05, 4.69) is 18.6 Å². The zero-order valence-electron chi connectivity index (χ0n) is 13.3. The summed E-state index contributed by atoms with van der Waals surface area (Å²) in [6.45, 7) is 6.06. The minimum Gasteiger partial charge on any atom is -0.299 e. The SMILES string of the molecule is Cc1ccc(NS(=O)(=O)C[C@@]23CC[C@@H](CC2=O)C3(C)C)cc1. The number of rotatable bonds is 4. The van der Waals surface area contributed by atoms with E-state index in [1.807, 2.05) is 19.1 Å². The lowest BCUT2D eigenvalue weighted by atomic mass is 9.70. The van der Waals surface area contributed by atoms with Crippen LogP contribution in [-0.4, -0.2) is 20.0 Å². The van der Waals surface area contributed by atoms with Crippen molar-refractivity contribution in [3.8, 4) is 0 Å². The number of carbonyl (C=O) groups excluding carboxylic acids is 1. The van der Waals surface area contributed by atoms with Gasteiger partial charge in [-0.1, -0.05) is 31.5 Å². The Morgan fingerprint density at radius 3 is 2.36 bits per heavy atom. The summed E-state index contributed by atoms with van der Waals surface area (Å²) in [4.78, 5) is 12.5. The maximum atomic E-state index is 12.6. The van der Waals surface area contributed by atoms with Gasteiger partial charge in [-0.05, 0) is 43.2 Å². The van der Waals surface area contributed by atoms with Crippen LogP contribution in [0, 0.1) is 23.7 Å². The van der Waals surface area contributed by atoms with Crippen molar-refractivity contribution in [3.63, 3.8) is 0 Å². The largest absolute Gasteiger partial charge is 0.299 e. The van der Waals surface area contributed by atoms with Crippen LogP contribution < -0.4 is 4.72 Å². The Balaban J connectivity index is 1.85. The van der Waals surface area contributed by atoms with E-state index in [9.17, 15) is 13.2 Å². The molecule has 0 radical (unpaired) electrons. The van der Waals surface area contributed by atoms with Gasteiger partial charge in [0, 0.05) is 12.1 Å². The van der Waals surface area contributed by atoms with E-state index in [1.165, 1.54) is 0 Å². The highest BCUT2D eigenvalue weighted by Crippen LogP contribution is 2.64. The summed E-state index contributed by atoms with van der Waals surface area (Å²) >= 11 is 0. The first-order valence-corrected chi connectivity index (χ1v) is 9.42. The summed E-state index contributed by atoms with van der Waals surface area (Å²) in [7, 11) is -3.55. The molecule has 120 valence electrons. The van der Waals surface area contributed by atoms with E-state index in [-0.39, 0.29) is 17.0 Å². The van der Waals surface area contributed by atoms with Gasteiger partial charge < -0.3 is 0 Å². The van der Waals surface area contributed by atoms with Crippen LogP contribution in [0.1, 0.15) is 38.7 Å². The average Bonchev–Trinajstić information content (AvgIpc) is 2.74. The zero-order valence-corrected chi connectivity index (χ0v) is 14.2. The molecule has 1 aromatic carbocycles. The number of sulfonamides is 1. The van der Waals surface area contributed by atoms with Gasteiger partial charge in [-0.2, -0.15) is 0 Å². The summed E-state index contributed by atoms with van der Waals surface area (Å²) in [6, 6.07) is 7.24. The van der Waals surface area contributed by atoms with Crippen LogP contribution in [-0.2, 0) is 14.8 Å². The first-order chi connectivity index (χ1) is 10.2. The molecule has 2 aliphatic rings. The molecular formula is C17H23NO3S. The number of anilines is 1. The van der Waals surface area contributed by atoms with Crippen LogP contribution in [0.5, 0.6) is 0 Å². The average molecular weight is 321 g/mol. The van der Waals surface area contributed by atoms with Crippen LogP contribution in [0.3, 0.4) is 0 Å². The van der Waals surface area contributed by atoms with Crippen LogP contribution in [0.2, 0.25) is 0 Å². The summed E-state index contributed by atoms with van der Waals surface area (Å²) in [5.74, 6) is 0.355. The fraction of sp³-hybridized carbons (Fsp3) is 0.588. The van der Waals surface area contributed by atoms with E-state index in [1.54, 1.807) is 12.1 Å². The predicted octanol–water partition coefficient (Wildman–Crippen LogP) is 3.13. The van der Waals surface area contributed by atoms with Crippen LogP contribution in [0.15, 0.2) is 24.3 Å². The molecule has 0 amide bonds. The first kappa shape index (κ1) is 15.5. The van der Waals surface area contributed by atoms with Crippen molar-refractivity contribution < 1.29 is 13.2 Å². The number of carbonyl (C=O) groups is 1. The molecule has 0 unspecified atom stereocenters. The summed E-state index contributed by atoms with van der Waals surface area (Å²) in [5.41, 5.74) is 0.687. The molecule has 3 rings (SSSR count). The Morgan fingerprint density at radius 2 is 1.86 bits per heavy atom.